The molecule has 2 aromatic carbocycles. The van der Waals surface area contributed by atoms with Crippen LogP contribution in [0.3, 0.4) is 0 Å². The molecule has 0 aromatic heterocycles. The largest absolute Gasteiger partial charge is 0.493 e. The molecule has 0 radical (unpaired) electrons. The fourth-order valence-electron chi connectivity index (χ4n) is 3.57. The van der Waals surface area contributed by atoms with Crippen molar-refractivity contribution in [3.8, 4) is 17.2 Å². The molecule has 3 rings (SSSR count). The number of methoxy groups -OCH3 is 3. The van der Waals surface area contributed by atoms with E-state index in [0.717, 1.165) is 12.8 Å². The molecule has 7 heteroatoms. The normalized spacial score (nSPS) is 14.2. The first-order chi connectivity index (χ1) is 14.6. The summed E-state index contributed by atoms with van der Waals surface area (Å²) in [6, 6.07) is 12.5. The van der Waals surface area contributed by atoms with E-state index < -0.39 is 12.1 Å². The summed E-state index contributed by atoms with van der Waals surface area (Å²) in [5, 5.41) is 0. The van der Waals surface area contributed by atoms with Crippen molar-refractivity contribution in [3.63, 3.8) is 0 Å². The minimum Gasteiger partial charge on any atom is -0.493 e. The van der Waals surface area contributed by atoms with Gasteiger partial charge in [-0.05, 0) is 30.5 Å². The Hall–Kier alpha value is -3.22. The van der Waals surface area contributed by atoms with E-state index in [2.05, 4.69) is 0 Å². The van der Waals surface area contributed by atoms with Crippen molar-refractivity contribution in [1.82, 2.24) is 4.90 Å². The van der Waals surface area contributed by atoms with Crippen LogP contribution in [0.5, 0.6) is 17.2 Å². The van der Waals surface area contributed by atoms with E-state index in [4.69, 9.17) is 18.9 Å². The van der Waals surface area contributed by atoms with Crippen LogP contribution in [-0.4, -0.2) is 51.2 Å². The Morgan fingerprint density at radius 2 is 1.53 bits per heavy atom. The van der Waals surface area contributed by atoms with Crippen molar-refractivity contribution in [2.75, 3.05) is 34.4 Å². The Morgan fingerprint density at radius 1 is 0.933 bits per heavy atom. The average Bonchev–Trinajstić information content (AvgIpc) is 3.32. The summed E-state index contributed by atoms with van der Waals surface area (Å²) in [5.41, 5.74) is 1.29. The van der Waals surface area contributed by atoms with Crippen LogP contribution < -0.4 is 14.2 Å². The van der Waals surface area contributed by atoms with Gasteiger partial charge in [0, 0.05) is 18.7 Å². The Balaban J connectivity index is 1.80. The summed E-state index contributed by atoms with van der Waals surface area (Å²) in [5.74, 6) is 0.658. The number of nitrogens with zero attached hydrogens (tertiary/aromatic N) is 1. The van der Waals surface area contributed by atoms with Gasteiger partial charge >= 0.3 is 5.97 Å². The number of esters is 1. The summed E-state index contributed by atoms with van der Waals surface area (Å²) >= 11 is 0. The van der Waals surface area contributed by atoms with Crippen LogP contribution >= 0.6 is 0 Å². The third-order valence-electron chi connectivity index (χ3n) is 5.07. The van der Waals surface area contributed by atoms with Crippen LogP contribution in [0.25, 0.3) is 0 Å². The number of hydrogen-bond acceptors (Lipinski definition) is 6. The SMILES string of the molecule is COc1cc(CC(=O)O[C@H](C(=O)N2CCCC2)c2ccccc2)cc(OC)c1OC. The minimum absolute atomic E-state index is 0.0344. The molecular weight excluding hydrogens is 386 g/mol. The first-order valence-electron chi connectivity index (χ1n) is 9.89. The van der Waals surface area contributed by atoms with Crippen LogP contribution in [0, 0.1) is 0 Å². The second kappa shape index (κ2) is 10.0. The van der Waals surface area contributed by atoms with Crippen molar-refractivity contribution in [2.45, 2.75) is 25.4 Å². The zero-order valence-electron chi connectivity index (χ0n) is 17.6. The van der Waals surface area contributed by atoms with E-state index in [-0.39, 0.29) is 12.3 Å². The summed E-state index contributed by atoms with van der Waals surface area (Å²) in [4.78, 5) is 27.5. The highest BCUT2D eigenvalue weighted by atomic mass is 16.5. The summed E-state index contributed by atoms with van der Waals surface area (Å²) in [6.45, 7) is 1.37. The summed E-state index contributed by atoms with van der Waals surface area (Å²) in [6.07, 6.45) is 0.936. The monoisotopic (exact) mass is 413 g/mol. The van der Waals surface area contributed by atoms with E-state index in [1.165, 1.54) is 21.3 Å². The molecule has 7 nitrogen and oxygen atoms in total. The molecule has 160 valence electrons. The molecule has 1 aliphatic rings. The molecule has 0 spiro atoms. The summed E-state index contributed by atoms with van der Waals surface area (Å²) < 4.78 is 21.7. The van der Waals surface area contributed by atoms with E-state index in [9.17, 15) is 9.59 Å². The molecule has 1 amide bonds. The van der Waals surface area contributed by atoms with Gasteiger partial charge in [0.15, 0.2) is 11.5 Å². The number of ether oxygens (including phenoxy) is 4. The second-order valence-electron chi connectivity index (χ2n) is 7.02. The predicted molar refractivity (Wildman–Crippen MR) is 111 cm³/mol. The van der Waals surface area contributed by atoms with Gasteiger partial charge in [-0.15, -0.1) is 0 Å². The van der Waals surface area contributed by atoms with Crippen LogP contribution in [0.1, 0.15) is 30.1 Å². The number of carbonyl (C=O) groups is 2. The smallest absolute Gasteiger partial charge is 0.311 e. The lowest BCUT2D eigenvalue weighted by atomic mass is 10.1. The van der Waals surface area contributed by atoms with Gasteiger partial charge < -0.3 is 23.8 Å². The third kappa shape index (κ3) is 4.84. The fraction of sp³-hybridized carbons (Fsp3) is 0.391. The van der Waals surface area contributed by atoms with Gasteiger partial charge in [0.2, 0.25) is 11.9 Å². The zero-order valence-corrected chi connectivity index (χ0v) is 17.6. The maximum atomic E-state index is 13.0. The molecule has 1 fully saturated rings. The average molecular weight is 413 g/mol. The van der Waals surface area contributed by atoms with Crippen molar-refractivity contribution in [1.29, 1.82) is 0 Å². The molecule has 1 atom stereocenters. The van der Waals surface area contributed by atoms with Gasteiger partial charge in [-0.2, -0.15) is 0 Å². The number of carbonyl (C=O) groups excluding carboxylic acids is 2. The minimum atomic E-state index is -0.959. The molecule has 0 saturated carbocycles. The highest BCUT2D eigenvalue weighted by molar-refractivity contribution is 5.85. The Bertz CT molecular complexity index is 852. The Kier molecular flexibility index (Phi) is 7.17. The van der Waals surface area contributed by atoms with Crippen molar-refractivity contribution in [2.24, 2.45) is 0 Å². The highest BCUT2D eigenvalue weighted by Crippen LogP contribution is 2.38. The number of hydrogen-bond donors (Lipinski definition) is 0. The first-order valence-corrected chi connectivity index (χ1v) is 9.89. The molecule has 1 aliphatic heterocycles. The topological polar surface area (TPSA) is 74.3 Å². The lowest BCUT2D eigenvalue weighted by Gasteiger charge is -2.23. The standard InChI is InChI=1S/C23H27NO6/c1-27-18-13-16(14-19(28-2)22(18)29-3)15-20(25)30-21(17-9-5-4-6-10-17)23(26)24-11-7-8-12-24/h4-6,9-10,13-14,21H,7-8,11-12,15H2,1-3H3/t21-/m0/s1. The number of amides is 1. The number of benzene rings is 2. The molecule has 2 aromatic rings. The van der Waals surface area contributed by atoms with Crippen LogP contribution in [0.4, 0.5) is 0 Å². The van der Waals surface area contributed by atoms with Gasteiger partial charge in [0.1, 0.15) is 0 Å². The van der Waals surface area contributed by atoms with Crippen LogP contribution in [0.2, 0.25) is 0 Å². The van der Waals surface area contributed by atoms with Crippen LogP contribution in [-0.2, 0) is 20.7 Å². The second-order valence-corrected chi connectivity index (χ2v) is 7.02. The van der Waals surface area contributed by atoms with Gasteiger partial charge in [-0.1, -0.05) is 30.3 Å². The molecule has 0 aliphatic carbocycles. The first kappa shape index (κ1) is 21.5. The van der Waals surface area contributed by atoms with E-state index in [1.807, 2.05) is 18.2 Å². The molecule has 0 bridgehead atoms. The van der Waals surface area contributed by atoms with Crippen molar-refractivity contribution in [3.05, 3.63) is 53.6 Å². The molecule has 1 saturated heterocycles. The van der Waals surface area contributed by atoms with Crippen molar-refractivity contribution < 1.29 is 28.5 Å². The van der Waals surface area contributed by atoms with Gasteiger partial charge in [0.05, 0.1) is 27.8 Å². The Morgan fingerprint density at radius 3 is 2.07 bits per heavy atom. The number of rotatable bonds is 8. The number of likely N-dealkylation sites (tertiary alicyclic amines) is 1. The molecule has 1 heterocycles. The lowest BCUT2D eigenvalue weighted by molar-refractivity contribution is -0.160. The van der Waals surface area contributed by atoms with E-state index in [0.29, 0.717) is 41.5 Å². The van der Waals surface area contributed by atoms with Gasteiger partial charge in [0.25, 0.3) is 5.91 Å². The lowest BCUT2D eigenvalue weighted by Crippen LogP contribution is -2.35. The maximum absolute atomic E-state index is 13.0. The van der Waals surface area contributed by atoms with E-state index in [1.54, 1.807) is 29.2 Å². The fourth-order valence-corrected chi connectivity index (χ4v) is 3.57. The predicted octanol–water partition coefficient (Wildman–Crippen LogP) is 3.16. The van der Waals surface area contributed by atoms with Crippen LogP contribution in [0.15, 0.2) is 42.5 Å². The molecule has 30 heavy (non-hydrogen) atoms. The quantitative estimate of drug-likeness (QED) is 0.619. The maximum Gasteiger partial charge on any atom is 0.311 e. The van der Waals surface area contributed by atoms with Gasteiger partial charge in [-0.3, -0.25) is 9.59 Å². The summed E-state index contributed by atoms with van der Waals surface area (Å²) in [7, 11) is 4.54. The highest BCUT2D eigenvalue weighted by Gasteiger charge is 2.31. The molecular formula is C23H27NO6. The third-order valence-corrected chi connectivity index (χ3v) is 5.07. The Labute approximate surface area is 176 Å². The molecule has 0 unspecified atom stereocenters. The molecule has 0 N–H and O–H groups in total. The van der Waals surface area contributed by atoms with Crippen molar-refractivity contribution >= 4 is 11.9 Å². The van der Waals surface area contributed by atoms with Gasteiger partial charge in [-0.25, -0.2) is 0 Å². The van der Waals surface area contributed by atoms with E-state index >= 15 is 0 Å². The zero-order chi connectivity index (χ0) is 21.5.